The molecule has 0 atom stereocenters. The quantitative estimate of drug-likeness (QED) is 0.481. The number of aromatic nitrogens is 2. The summed E-state index contributed by atoms with van der Waals surface area (Å²) in [5.41, 5.74) is 3.12. The molecule has 0 radical (unpaired) electrons. The molecule has 0 saturated heterocycles. The van der Waals surface area contributed by atoms with E-state index < -0.39 is 5.97 Å². The molecule has 2 aromatic heterocycles. The molecule has 2 heterocycles. The molecule has 0 saturated carbocycles. The van der Waals surface area contributed by atoms with Gasteiger partial charge in [0, 0.05) is 34.9 Å². The zero-order valence-corrected chi connectivity index (χ0v) is 15.0. The van der Waals surface area contributed by atoms with Crippen molar-refractivity contribution in [2.24, 2.45) is 0 Å². The van der Waals surface area contributed by atoms with Gasteiger partial charge in [-0.2, -0.15) is 0 Å². The zero-order chi connectivity index (χ0) is 18.8. The summed E-state index contributed by atoms with van der Waals surface area (Å²) in [6.45, 7) is 2.61. The molecule has 4 aromatic rings. The van der Waals surface area contributed by atoms with Gasteiger partial charge < -0.3 is 9.30 Å². The number of rotatable bonds is 5. The number of fused-ring (bicyclic) bond motifs is 2. The van der Waals surface area contributed by atoms with Crippen LogP contribution in [0.2, 0.25) is 0 Å². The van der Waals surface area contributed by atoms with Gasteiger partial charge in [-0.05, 0) is 43.3 Å². The number of hydrogen-bond acceptors (Lipinski definition) is 3. The van der Waals surface area contributed by atoms with E-state index in [0.29, 0.717) is 30.7 Å². The van der Waals surface area contributed by atoms with Crippen LogP contribution in [0.3, 0.4) is 0 Å². The predicted octanol–water partition coefficient (Wildman–Crippen LogP) is 4.75. The highest BCUT2D eigenvalue weighted by Crippen LogP contribution is 2.23. The van der Waals surface area contributed by atoms with Gasteiger partial charge in [0.15, 0.2) is 0 Å². The number of para-hydroxylation sites is 1. The number of benzene rings is 2. The van der Waals surface area contributed by atoms with E-state index in [9.17, 15) is 9.18 Å². The highest BCUT2D eigenvalue weighted by Gasteiger charge is 2.17. The van der Waals surface area contributed by atoms with Gasteiger partial charge in [0.1, 0.15) is 11.5 Å². The Labute approximate surface area is 156 Å². The standard InChI is InChI=1S/C22H19FN2O2/c1-2-27-22(26)21-14-16-13-17(23)8-10-20(16)25(21)12-11-18-9-7-15-5-3-4-6-19(15)24-18/h3-10,13-14H,2,11-12H2,1H3. The highest BCUT2D eigenvalue weighted by molar-refractivity contribution is 5.95. The molecule has 136 valence electrons. The molecule has 0 aliphatic carbocycles. The molecule has 2 aromatic carbocycles. The normalized spacial score (nSPS) is 11.2. The van der Waals surface area contributed by atoms with Crippen LogP contribution in [-0.2, 0) is 17.7 Å². The van der Waals surface area contributed by atoms with Crippen LogP contribution in [0.4, 0.5) is 4.39 Å². The average Bonchev–Trinajstić information content (AvgIpc) is 3.04. The Bertz CT molecular complexity index is 1130. The summed E-state index contributed by atoms with van der Waals surface area (Å²) in [5.74, 6) is -0.730. The first-order valence-electron chi connectivity index (χ1n) is 8.96. The van der Waals surface area contributed by atoms with Crippen molar-refractivity contribution < 1.29 is 13.9 Å². The minimum absolute atomic E-state index is 0.293. The lowest BCUT2D eigenvalue weighted by Crippen LogP contribution is -2.13. The highest BCUT2D eigenvalue weighted by atomic mass is 19.1. The maximum atomic E-state index is 13.6. The third kappa shape index (κ3) is 3.40. The number of aryl methyl sites for hydroxylation is 2. The van der Waals surface area contributed by atoms with Gasteiger partial charge in [0.2, 0.25) is 0 Å². The third-order valence-electron chi connectivity index (χ3n) is 4.60. The second kappa shape index (κ2) is 7.19. The van der Waals surface area contributed by atoms with Gasteiger partial charge in [-0.15, -0.1) is 0 Å². The number of nitrogens with zero attached hydrogens (tertiary/aromatic N) is 2. The Morgan fingerprint density at radius 2 is 1.93 bits per heavy atom. The zero-order valence-electron chi connectivity index (χ0n) is 15.0. The molecule has 0 bridgehead atoms. The summed E-state index contributed by atoms with van der Waals surface area (Å²) >= 11 is 0. The Hall–Kier alpha value is -3.21. The fourth-order valence-electron chi connectivity index (χ4n) is 3.33. The molecule has 0 fully saturated rings. The van der Waals surface area contributed by atoms with E-state index in [0.717, 1.165) is 22.1 Å². The molecule has 0 N–H and O–H groups in total. The van der Waals surface area contributed by atoms with Crippen molar-refractivity contribution in [2.45, 2.75) is 19.9 Å². The second-order valence-corrected chi connectivity index (χ2v) is 6.35. The van der Waals surface area contributed by atoms with Crippen molar-refractivity contribution in [3.05, 3.63) is 77.9 Å². The molecular weight excluding hydrogens is 343 g/mol. The molecule has 0 aliphatic heterocycles. The van der Waals surface area contributed by atoms with Crippen LogP contribution in [0.5, 0.6) is 0 Å². The Kier molecular flexibility index (Phi) is 4.59. The van der Waals surface area contributed by atoms with Crippen molar-refractivity contribution in [1.29, 1.82) is 0 Å². The predicted molar refractivity (Wildman–Crippen MR) is 103 cm³/mol. The largest absolute Gasteiger partial charge is 0.461 e. The summed E-state index contributed by atoms with van der Waals surface area (Å²) in [6.07, 6.45) is 0.651. The lowest BCUT2D eigenvalue weighted by molar-refractivity contribution is 0.0514. The van der Waals surface area contributed by atoms with Crippen LogP contribution >= 0.6 is 0 Å². The van der Waals surface area contributed by atoms with Crippen molar-refractivity contribution >= 4 is 27.8 Å². The summed E-state index contributed by atoms with van der Waals surface area (Å²) in [4.78, 5) is 17.0. The molecule has 5 heteroatoms. The minimum Gasteiger partial charge on any atom is -0.461 e. The van der Waals surface area contributed by atoms with E-state index in [4.69, 9.17) is 9.72 Å². The van der Waals surface area contributed by atoms with Gasteiger partial charge in [-0.3, -0.25) is 4.98 Å². The topological polar surface area (TPSA) is 44.1 Å². The third-order valence-corrected chi connectivity index (χ3v) is 4.60. The van der Waals surface area contributed by atoms with E-state index in [-0.39, 0.29) is 5.82 Å². The first-order chi connectivity index (χ1) is 13.2. The Morgan fingerprint density at radius 3 is 2.78 bits per heavy atom. The molecule has 0 unspecified atom stereocenters. The molecule has 27 heavy (non-hydrogen) atoms. The van der Waals surface area contributed by atoms with Crippen LogP contribution < -0.4 is 0 Å². The number of pyridine rings is 1. The SMILES string of the molecule is CCOC(=O)c1cc2cc(F)ccc2n1CCc1ccc2ccccc2n1. The maximum absolute atomic E-state index is 13.6. The molecule has 0 spiro atoms. The molecule has 0 aliphatic rings. The molecule has 4 rings (SSSR count). The van der Waals surface area contributed by atoms with Crippen molar-refractivity contribution in [3.63, 3.8) is 0 Å². The van der Waals surface area contributed by atoms with E-state index >= 15 is 0 Å². The van der Waals surface area contributed by atoms with Gasteiger partial charge in [0.05, 0.1) is 12.1 Å². The van der Waals surface area contributed by atoms with Crippen LogP contribution in [-0.4, -0.2) is 22.1 Å². The number of carbonyl (C=O) groups excluding carboxylic acids is 1. The Morgan fingerprint density at radius 1 is 1.07 bits per heavy atom. The summed E-state index contributed by atoms with van der Waals surface area (Å²) < 4.78 is 20.6. The number of halogens is 1. The number of carbonyl (C=O) groups is 1. The van der Waals surface area contributed by atoms with Crippen LogP contribution in [0.15, 0.2) is 60.7 Å². The maximum Gasteiger partial charge on any atom is 0.354 e. The van der Waals surface area contributed by atoms with E-state index in [1.807, 2.05) is 41.0 Å². The van der Waals surface area contributed by atoms with Crippen LogP contribution in [0, 0.1) is 5.82 Å². The number of hydrogen-bond donors (Lipinski definition) is 0. The number of esters is 1. The van der Waals surface area contributed by atoms with E-state index in [1.54, 1.807) is 19.1 Å². The average molecular weight is 362 g/mol. The first kappa shape index (κ1) is 17.2. The molecule has 0 amide bonds. The van der Waals surface area contributed by atoms with E-state index in [2.05, 4.69) is 0 Å². The van der Waals surface area contributed by atoms with Crippen LogP contribution in [0.1, 0.15) is 23.1 Å². The van der Waals surface area contributed by atoms with Gasteiger partial charge in [-0.1, -0.05) is 24.3 Å². The van der Waals surface area contributed by atoms with Gasteiger partial charge in [-0.25, -0.2) is 9.18 Å². The summed E-state index contributed by atoms with van der Waals surface area (Å²) in [5, 5.41) is 1.78. The summed E-state index contributed by atoms with van der Waals surface area (Å²) in [6, 6.07) is 18.2. The lowest BCUT2D eigenvalue weighted by Gasteiger charge is -2.10. The second-order valence-electron chi connectivity index (χ2n) is 6.35. The number of ether oxygens (including phenoxy) is 1. The first-order valence-corrected chi connectivity index (χ1v) is 8.96. The molecular formula is C22H19FN2O2. The molecule has 4 nitrogen and oxygen atoms in total. The lowest BCUT2D eigenvalue weighted by atomic mass is 10.2. The monoisotopic (exact) mass is 362 g/mol. The smallest absolute Gasteiger partial charge is 0.354 e. The fraction of sp³-hybridized carbons (Fsp3) is 0.182. The van der Waals surface area contributed by atoms with Gasteiger partial charge in [0.25, 0.3) is 0 Å². The van der Waals surface area contributed by atoms with Crippen molar-refractivity contribution in [3.8, 4) is 0 Å². The Balaban J connectivity index is 1.68. The van der Waals surface area contributed by atoms with Crippen LogP contribution in [0.25, 0.3) is 21.8 Å². The van der Waals surface area contributed by atoms with E-state index in [1.165, 1.54) is 12.1 Å². The minimum atomic E-state index is -0.402. The van der Waals surface area contributed by atoms with Gasteiger partial charge >= 0.3 is 5.97 Å². The van der Waals surface area contributed by atoms with Crippen molar-refractivity contribution in [1.82, 2.24) is 9.55 Å². The fourth-order valence-corrected chi connectivity index (χ4v) is 3.33. The van der Waals surface area contributed by atoms with Crippen molar-refractivity contribution in [2.75, 3.05) is 6.61 Å². The summed E-state index contributed by atoms with van der Waals surface area (Å²) in [7, 11) is 0.